The van der Waals surface area contributed by atoms with Gasteiger partial charge in [-0.1, -0.05) is 13.0 Å². The third-order valence-corrected chi connectivity index (χ3v) is 4.39. The highest BCUT2D eigenvalue weighted by Crippen LogP contribution is 2.34. The third kappa shape index (κ3) is 3.44. The molecule has 0 saturated carbocycles. The molecule has 8 heteroatoms. The lowest BCUT2D eigenvalue weighted by Crippen LogP contribution is -2.20. The van der Waals surface area contributed by atoms with E-state index in [1.807, 2.05) is 42.8 Å². The highest BCUT2D eigenvalue weighted by atomic mass is 16.5. The van der Waals surface area contributed by atoms with Crippen LogP contribution in [0, 0.1) is 0 Å². The molecule has 0 bridgehead atoms. The largest absolute Gasteiger partial charge is 0.455 e. The van der Waals surface area contributed by atoms with E-state index < -0.39 is 0 Å². The summed E-state index contributed by atoms with van der Waals surface area (Å²) >= 11 is 0. The van der Waals surface area contributed by atoms with Crippen molar-refractivity contribution in [1.29, 1.82) is 0 Å². The number of rotatable bonds is 6. The summed E-state index contributed by atoms with van der Waals surface area (Å²) < 4.78 is 9.53. The highest BCUT2D eigenvalue weighted by molar-refractivity contribution is 6.02. The van der Waals surface area contributed by atoms with Crippen molar-refractivity contribution in [2.45, 2.75) is 19.9 Å². The summed E-state index contributed by atoms with van der Waals surface area (Å²) in [6.45, 7) is 2.18. The maximum Gasteiger partial charge on any atom is 0.245 e. The van der Waals surface area contributed by atoms with Gasteiger partial charge in [0.2, 0.25) is 5.91 Å². The average molecular weight is 376 g/mol. The molecule has 0 atom stereocenters. The molecule has 3 heterocycles. The molecular weight excluding hydrogens is 356 g/mol. The van der Waals surface area contributed by atoms with Crippen LogP contribution in [0.2, 0.25) is 0 Å². The lowest BCUT2D eigenvalue weighted by atomic mass is 10.2. The zero-order chi connectivity index (χ0) is 19.5. The quantitative estimate of drug-likeness (QED) is 0.559. The first-order valence-electron chi connectivity index (χ1n) is 8.99. The van der Waals surface area contributed by atoms with Gasteiger partial charge in [0.1, 0.15) is 23.9 Å². The van der Waals surface area contributed by atoms with E-state index in [-0.39, 0.29) is 12.5 Å². The molecule has 1 amide bonds. The number of hydrogen-bond acceptors (Lipinski definition) is 5. The first-order chi connectivity index (χ1) is 13.7. The maximum absolute atomic E-state index is 12.6. The molecule has 0 radical (unpaired) electrons. The van der Waals surface area contributed by atoms with Crippen LogP contribution in [-0.2, 0) is 24.8 Å². The summed E-state index contributed by atoms with van der Waals surface area (Å²) in [7, 11) is 1.83. The number of nitrogens with zero attached hydrogens (tertiary/aromatic N) is 5. The number of benzene rings is 1. The number of amides is 1. The van der Waals surface area contributed by atoms with Gasteiger partial charge >= 0.3 is 0 Å². The van der Waals surface area contributed by atoms with Crippen molar-refractivity contribution >= 4 is 22.6 Å². The van der Waals surface area contributed by atoms with Crippen LogP contribution in [0.5, 0.6) is 11.5 Å². The van der Waals surface area contributed by atoms with Crippen LogP contribution in [0.4, 0.5) is 5.82 Å². The van der Waals surface area contributed by atoms with Crippen LogP contribution < -0.4 is 10.1 Å². The molecule has 0 fully saturated rings. The molecule has 0 aliphatic heterocycles. The number of hydrogen-bond donors (Lipinski definition) is 1. The second-order valence-electron chi connectivity index (χ2n) is 6.29. The summed E-state index contributed by atoms with van der Waals surface area (Å²) in [4.78, 5) is 20.9. The molecule has 4 rings (SSSR count). The van der Waals surface area contributed by atoms with Gasteiger partial charge in [-0.3, -0.25) is 14.5 Å². The minimum atomic E-state index is -0.177. The van der Waals surface area contributed by atoms with Gasteiger partial charge < -0.3 is 14.6 Å². The Bertz CT molecular complexity index is 1120. The van der Waals surface area contributed by atoms with E-state index in [2.05, 4.69) is 20.4 Å². The van der Waals surface area contributed by atoms with E-state index in [9.17, 15) is 4.79 Å². The molecule has 8 nitrogen and oxygen atoms in total. The standard InChI is InChI=1S/C20H20N6O2/c1-3-17-22-10-11-26(17)13-18(27)23-20-19-15(25(2)24-20)7-4-8-16(19)28-14-6-5-9-21-12-14/h4-12H,3,13H2,1-2H3,(H,23,24,27). The SMILES string of the molecule is CCc1nccn1CC(=O)Nc1nn(C)c2cccc(Oc3cccnc3)c12. The summed E-state index contributed by atoms with van der Waals surface area (Å²) in [5.41, 5.74) is 0.855. The second-order valence-corrected chi connectivity index (χ2v) is 6.29. The summed E-state index contributed by atoms with van der Waals surface area (Å²) in [5.74, 6) is 2.36. The zero-order valence-corrected chi connectivity index (χ0v) is 15.7. The Morgan fingerprint density at radius 2 is 2.11 bits per heavy atom. The van der Waals surface area contributed by atoms with Crippen molar-refractivity contribution < 1.29 is 9.53 Å². The van der Waals surface area contributed by atoms with Gasteiger partial charge in [0.05, 0.1) is 17.1 Å². The Balaban J connectivity index is 1.64. The average Bonchev–Trinajstić information content (AvgIpc) is 3.27. The molecule has 1 N–H and O–H groups in total. The predicted octanol–water partition coefficient (Wildman–Crippen LogP) is 3.16. The van der Waals surface area contributed by atoms with E-state index in [1.54, 1.807) is 35.5 Å². The predicted molar refractivity (Wildman–Crippen MR) is 105 cm³/mol. The Morgan fingerprint density at radius 1 is 1.21 bits per heavy atom. The van der Waals surface area contributed by atoms with Gasteiger partial charge in [-0.05, 0) is 24.3 Å². The van der Waals surface area contributed by atoms with Gasteiger partial charge in [-0.15, -0.1) is 0 Å². The Morgan fingerprint density at radius 3 is 2.89 bits per heavy atom. The second kappa shape index (κ2) is 7.51. The number of anilines is 1. The number of pyridine rings is 1. The van der Waals surface area contributed by atoms with Gasteiger partial charge in [0.25, 0.3) is 0 Å². The number of carbonyl (C=O) groups is 1. The molecule has 4 aromatic rings. The molecule has 28 heavy (non-hydrogen) atoms. The molecule has 0 spiro atoms. The fraction of sp³-hybridized carbons (Fsp3) is 0.200. The van der Waals surface area contributed by atoms with E-state index in [0.29, 0.717) is 17.3 Å². The molecule has 142 valence electrons. The molecule has 0 aliphatic carbocycles. The normalized spacial score (nSPS) is 10.9. The zero-order valence-electron chi connectivity index (χ0n) is 15.7. The van der Waals surface area contributed by atoms with E-state index in [1.165, 1.54) is 0 Å². The minimum Gasteiger partial charge on any atom is -0.455 e. The van der Waals surface area contributed by atoms with Crippen LogP contribution >= 0.6 is 0 Å². The van der Waals surface area contributed by atoms with Crippen LogP contribution in [0.1, 0.15) is 12.7 Å². The Hall–Kier alpha value is -3.68. The van der Waals surface area contributed by atoms with Gasteiger partial charge in [0, 0.05) is 32.1 Å². The minimum absolute atomic E-state index is 0.173. The van der Waals surface area contributed by atoms with E-state index in [0.717, 1.165) is 23.1 Å². The maximum atomic E-state index is 12.6. The number of aromatic nitrogens is 5. The van der Waals surface area contributed by atoms with Crippen LogP contribution in [0.3, 0.4) is 0 Å². The van der Waals surface area contributed by atoms with E-state index >= 15 is 0 Å². The van der Waals surface area contributed by atoms with Crippen LogP contribution in [0.25, 0.3) is 10.9 Å². The summed E-state index contributed by atoms with van der Waals surface area (Å²) in [5, 5.41) is 8.11. The number of carbonyl (C=O) groups excluding carboxylic acids is 1. The third-order valence-electron chi connectivity index (χ3n) is 4.39. The number of aryl methyl sites for hydroxylation is 2. The highest BCUT2D eigenvalue weighted by Gasteiger charge is 2.17. The molecule has 0 aliphatic rings. The Labute approximate surface area is 161 Å². The van der Waals surface area contributed by atoms with Crippen molar-refractivity contribution in [2.75, 3.05) is 5.32 Å². The number of nitrogens with one attached hydrogen (secondary N) is 1. The van der Waals surface area contributed by atoms with Crippen molar-refractivity contribution in [3.8, 4) is 11.5 Å². The van der Waals surface area contributed by atoms with Crippen molar-refractivity contribution in [3.05, 3.63) is 60.9 Å². The monoisotopic (exact) mass is 376 g/mol. The van der Waals surface area contributed by atoms with Crippen molar-refractivity contribution in [1.82, 2.24) is 24.3 Å². The molecule has 3 aromatic heterocycles. The molecule has 0 saturated heterocycles. The molecule has 1 aromatic carbocycles. The Kier molecular flexibility index (Phi) is 4.76. The fourth-order valence-electron chi connectivity index (χ4n) is 3.11. The van der Waals surface area contributed by atoms with Crippen molar-refractivity contribution in [2.24, 2.45) is 7.05 Å². The summed E-state index contributed by atoms with van der Waals surface area (Å²) in [6, 6.07) is 9.29. The summed E-state index contributed by atoms with van der Waals surface area (Å²) in [6.07, 6.45) is 7.58. The molecular formula is C20H20N6O2. The fourth-order valence-corrected chi connectivity index (χ4v) is 3.11. The topological polar surface area (TPSA) is 86.9 Å². The van der Waals surface area contributed by atoms with Gasteiger partial charge in [-0.2, -0.15) is 5.10 Å². The van der Waals surface area contributed by atoms with E-state index in [4.69, 9.17) is 4.74 Å². The van der Waals surface area contributed by atoms with Crippen LogP contribution in [0.15, 0.2) is 55.1 Å². The lowest BCUT2D eigenvalue weighted by Gasteiger charge is -2.09. The number of imidazole rings is 1. The number of ether oxygens (including phenoxy) is 1. The lowest BCUT2D eigenvalue weighted by molar-refractivity contribution is -0.116. The van der Waals surface area contributed by atoms with Gasteiger partial charge in [-0.25, -0.2) is 4.98 Å². The first-order valence-corrected chi connectivity index (χ1v) is 8.99. The molecule has 0 unspecified atom stereocenters. The van der Waals surface area contributed by atoms with Gasteiger partial charge in [0.15, 0.2) is 5.82 Å². The number of fused-ring (bicyclic) bond motifs is 1. The smallest absolute Gasteiger partial charge is 0.245 e. The first kappa shape index (κ1) is 17.7. The van der Waals surface area contributed by atoms with Crippen molar-refractivity contribution in [3.63, 3.8) is 0 Å². The van der Waals surface area contributed by atoms with Crippen LogP contribution in [-0.4, -0.2) is 30.2 Å².